The van der Waals surface area contributed by atoms with Gasteiger partial charge in [-0.3, -0.25) is 9.69 Å². The number of nitrogens with two attached hydrogens (primary N) is 1. The van der Waals surface area contributed by atoms with Crippen LogP contribution in [0, 0.1) is 5.92 Å². The average Bonchev–Trinajstić information content (AvgIpc) is 2.26. The quantitative estimate of drug-likeness (QED) is 0.745. The molecule has 0 saturated carbocycles. The highest BCUT2D eigenvalue weighted by Crippen LogP contribution is 2.08. The van der Waals surface area contributed by atoms with Gasteiger partial charge in [-0.05, 0) is 25.4 Å². The molecule has 2 N–H and O–H groups in total. The van der Waals surface area contributed by atoms with Crippen molar-refractivity contribution in [2.45, 2.75) is 26.7 Å². The van der Waals surface area contributed by atoms with Crippen molar-refractivity contribution in [3.8, 4) is 0 Å². The van der Waals surface area contributed by atoms with Gasteiger partial charge in [0.05, 0.1) is 0 Å². The van der Waals surface area contributed by atoms with Crippen molar-refractivity contribution in [1.29, 1.82) is 0 Å². The molecule has 0 atom stereocenters. The van der Waals surface area contributed by atoms with Crippen LogP contribution >= 0.6 is 0 Å². The van der Waals surface area contributed by atoms with Crippen LogP contribution in [0.5, 0.6) is 0 Å². The van der Waals surface area contributed by atoms with Gasteiger partial charge in [-0.1, -0.05) is 13.8 Å². The molecule has 0 aromatic carbocycles. The lowest BCUT2D eigenvalue weighted by atomic mass is 10.1. The van der Waals surface area contributed by atoms with Crippen molar-refractivity contribution in [2.75, 3.05) is 39.3 Å². The zero-order chi connectivity index (χ0) is 12.0. The minimum atomic E-state index is 0.313. The smallest absolute Gasteiger partial charge is 0.222 e. The average molecular weight is 227 g/mol. The number of amides is 1. The molecule has 1 saturated heterocycles. The molecule has 94 valence electrons. The summed E-state index contributed by atoms with van der Waals surface area (Å²) in [4.78, 5) is 16.2. The summed E-state index contributed by atoms with van der Waals surface area (Å²) >= 11 is 0. The Morgan fingerprint density at radius 1 is 1.25 bits per heavy atom. The molecule has 0 aromatic heterocycles. The number of hydrogen-bond acceptors (Lipinski definition) is 3. The molecule has 0 unspecified atom stereocenters. The third-order valence-corrected chi connectivity index (χ3v) is 2.99. The molecule has 1 rings (SSSR count). The summed E-state index contributed by atoms with van der Waals surface area (Å²) in [5.74, 6) is 0.774. The van der Waals surface area contributed by atoms with Crippen LogP contribution in [0.3, 0.4) is 0 Å². The molecule has 0 radical (unpaired) electrons. The van der Waals surface area contributed by atoms with E-state index < -0.39 is 0 Å². The molecule has 0 bridgehead atoms. The SMILES string of the molecule is CC(C)CC(=O)N1CCN(CCCN)CC1. The van der Waals surface area contributed by atoms with E-state index >= 15 is 0 Å². The van der Waals surface area contributed by atoms with Crippen LogP contribution < -0.4 is 5.73 Å². The Kier molecular flexibility index (Phi) is 5.77. The van der Waals surface area contributed by atoms with E-state index in [0.29, 0.717) is 18.2 Å². The van der Waals surface area contributed by atoms with E-state index in [1.807, 2.05) is 4.90 Å². The maximum Gasteiger partial charge on any atom is 0.222 e. The lowest BCUT2D eigenvalue weighted by Gasteiger charge is -2.35. The molecule has 4 nitrogen and oxygen atoms in total. The number of rotatable bonds is 5. The van der Waals surface area contributed by atoms with Crippen molar-refractivity contribution in [2.24, 2.45) is 11.7 Å². The zero-order valence-corrected chi connectivity index (χ0v) is 10.6. The molecule has 0 aromatic rings. The molecule has 1 amide bonds. The molecular weight excluding hydrogens is 202 g/mol. The Bertz CT molecular complexity index is 210. The molecule has 16 heavy (non-hydrogen) atoms. The first-order chi connectivity index (χ1) is 7.63. The van der Waals surface area contributed by atoms with Crippen LogP contribution in [0.25, 0.3) is 0 Å². The van der Waals surface area contributed by atoms with Gasteiger partial charge in [-0.25, -0.2) is 0 Å². The topological polar surface area (TPSA) is 49.6 Å². The third-order valence-electron chi connectivity index (χ3n) is 2.99. The van der Waals surface area contributed by atoms with Gasteiger partial charge in [-0.15, -0.1) is 0 Å². The number of carbonyl (C=O) groups is 1. The van der Waals surface area contributed by atoms with Crippen molar-refractivity contribution >= 4 is 5.91 Å². The van der Waals surface area contributed by atoms with Crippen LogP contribution in [-0.4, -0.2) is 55.0 Å². The summed E-state index contributed by atoms with van der Waals surface area (Å²) in [5, 5.41) is 0. The van der Waals surface area contributed by atoms with Crippen molar-refractivity contribution < 1.29 is 4.79 Å². The molecule has 1 heterocycles. The Hall–Kier alpha value is -0.610. The molecular formula is C12H25N3O. The fraction of sp³-hybridized carbons (Fsp3) is 0.917. The van der Waals surface area contributed by atoms with Crippen LogP contribution in [0.2, 0.25) is 0 Å². The maximum atomic E-state index is 11.8. The van der Waals surface area contributed by atoms with E-state index in [9.17, 15) is 4.79 Å². The van der Waals surface area contributed by atoms with Crippen LogP contribution in [-0.2, 0) is 4.79 Å². The van der Waals surface area contributed by atoms with Gasteiger partial charge in [0.15, 0.2) is 0 Å². The first kappa shape index (κ1) is 13.5. The lowest BCUT2D eigenvalue weighted by molar-refractivity contribution is -0.133. The first-order valence-electron chi connectivity index (χ1n) is 6.33. The number of hydrogen-bond donors (Lipinski definition) is 1. The van der Waals surface area contributed by atoms with E-state index in [2.05, 4.69) is 18.7 Å². The van der Waals surface area contributed by atoms with E-state index in [0.717, 1.165) is 45.7 Å². The highest BCUT2D eigenvalue weighted by atomic mass is 16.2. The van der Waals surface area contributed by atoms with E-state index in [1.165, 1.54) is 0 Å². The zero-order valence-electron chi connectivity index (χ0n) is 10.6. The summed E-state index contributed by atoms with van der Waals surface area (Å²) < 4.78 is 0. The van der Waals surface area contributed by atoms with Crippen LogP contribution in [0.15, 0.2) is 0 Å². The Morgan fingerprint density at radius 2 is 1.88 bits per heavy atom. The van der Waals surface area contributed by atoms with Crippen LogP contribution in [0.1, 0.15) is 26.7 Å². The maximum absolute atomic E-state index is 11.8. The summed E-state index contributed by atoms with van der Waals surface area (Å²) in [6.07, 6.45) is 1.74. The highest BCUT2D eigenvalue weighted by Gasteiger charge is 2.20. The lowest BCUT2D eigenvalue weighted by Crippen LogP contribution is -2.49. The minimum absolute atomic E-state index is 0.313. The minimum Gasteiger partial charge on any atom is -0.340 e. The predicted octanol–water partition coefficient (Wildman–Crippen LogP) is 0.526. The summed E-state index contributed by atoms with van der Waals surface area (Å²) in [7, 11) is 0. The molecule has 1 aliphatic heterocycles. The number of carbonyl (C=O) groups excluding carboxylic acids is 1. The largest absolute Gasteiger partial charge is 0.340 e. The first-order valence-corrected chi connectivity index (χ1v) is 6.33. The standard InChI is InChI=1S/C12H25N3O/c1-11(2)10-12(16)15-8-6-14(7-9-15)5-3-4-13/h11H,3-10,13H2,1-2H3. The summed E-state index contributed by atoms with van der Waals surface area (Å²) in [5.41, 5.74) is 5.48. The second-order valence-electron chi connectivity index (χ2n) is 4.96. The number of piperazine rings is 1. The van der Waals surface area contributed by atoms with Crippen molar-refractivity contribution in [3.05, 3.63) is 0 Å². The van der Waals surface area contributed by atoms with Crippen molar-refractivity contribution in [1.82, 2.24) is 9.80 Å². The van der Waals surface area contributed by atoms with Gasteiger partial charge in [0, 0.05) is 32.6 Å². The normalized spacial score (nSPS) is 18.1. The third kappa shape index (κ3) is 4.49. The second-order valence-corrected chi connectivity index (χ2v) is 4.96. The van der Waals surface area contributed by atoms with Gasteiger partial charge in [0.25, 0.3) is 0 Å². The van der Waals surface area contributed by atoms with Gasteiger partial charge in [0.2, 0.25) is 5.91 Å². The van der Waals surface area contributed by atoms with Crippen molar-refractivity contribution in [3.63, 3.8) is 0 Å². The monoisotopic (exact) mass is 227 g/mol. The van der Waals surface area contributed by atoms with E-state index in [1.54, 1.807) is 0 Å². The predicted molar refractivity (Wildman–Crippen MR) is 66.1 cm³/mol. The highest BCUT2D eigenvalue weighted by molar-refractivity contribution is 5.76. The molecule has 4 heteroatoms. The van der Waals surface area contributed by atoms with Gasteiger partial charge >= 0.3 is 0 Å². The van der Waals surface area contributed by atoms with Gasteiger partial charge < -0.3 is 10.6 Å². The number of nitrogens with zero attached hydrogens (tertiary/aromatic N) is 2. The molecule has 1 aliphatic rings. The van der Waals surface area contributed by atoms with Gasteiger partial charge in [-0.2, -0.15) is 0 Å². The van der Waals surface area contributed by atoms with E-state index in [4.69, 9.17) is 5.73 Å². The fourth-order valence-electron chi connectivity index (χ4n) is 2.01. The fourth-order valence-corrected chi connectivity index (χ4v) is 2.01. The summed E-state index contributed by atoms with van der Waals surface area (Å²) in [6.45, 7) is 9.79. The van der Waals surface area contributed by atoms with E-state index in [-0.39, 0.29) is 0 Å². The molecule has 1 fully saturated rings. The van der Waals surface area contributed by atoms with Gasteiger partial charge in [0.1, 0.15) is 0 Å². The molecule has 0 aliphatic carbocycles. The Labute approximate surface area is 98.8 Å². The molecule has 0 spiro atoms. The Balaban J connectivity index is 2.23. The Morgan fingerprint density at radius 3 is 2.38 bits per heavy atom. The summed E-state index contributed by atoms with van der Waals surface area (Å²) in [6, 6.07) is 0. The van der Waals surface area contributed by atoms with Crippen LogP contribution in [0.4, 0.5) is 0 Å². The second kappa shape index (κ2) is 6.86.